The summed E-state index contributed by atoms with van der Waals surface area (Å²) >= 11 is 0. The average molecular weight is 290 g/mol. The molecule has 1 aromatic rings. The molecular weight excluding hydrogens is 268 g/mol. The van der Waals surface area contributed by atoms with Crippen LogP contribution in [0.25, 0.3) is 0 Å². The summed E-state index contributed by atoms with van der Waals surface area (Å²) in [4.78, 5) is 14.3. The first-order valence-corrected chi connectivity index (χ1v) is 7.26. The van der Waals surface area contributed by atoms with Crippen molar-refractivity contribution in [3.05, 3.63) is 17.0 Å². The van der Waals surface area contributed by atoms with Crippen LogP contribution in [0.2, 0.25) is 0 Å². The van der Waals surface area contributed by atoms with Crippen LogP contribution < -0.4 is 0 Å². The number of aryl methyl sites for hydroxylation is 1. The molecule has 0 spiro atoms. The number of aromatic nitrogens is 2. The van der Waals surface area contributed by atoms with E-state index in [4.69, 9.17) is 10.00 Å². The molecule has 1 aliphatic heterocycles. The Labute approximate surface area is 125 Å². The number of carbonyl (C=O) groups is 1. The molecule has 0 fully saturated rings. The van der Waals surface area contributed by atoms with E-state index >= 15 is 0 Å². The Morgan fingerprint density at radius 2 is 2.24 bits per heavy atom. The largest absolute Gasteiger partial charge is 0.369 e. The number of fused-ring (bicyclic) bond motifs is 1. The van der Waals surface area contributed by atoms with Crippen LogP contribution in [-0.2, 0) is 18.2 Å². The molecule has 2 rings (SSSR count). The molecule has 0 N–H and O–H groups in total. The molecule has 0 radical (unpaired) electrons. The summed E-state index contributed by atoms with van der Waals surface area (Å²) in [5.74, 6) is -0.176. The summed E-state index contributed by atoms with van der Waals surface area (Å²) in [7, 11) is 1.83. The second-order valence-corrected chi connectivity index (χ2v) is 5.81. The van der Waals surface area contributed by atoms with E-state index in [1.54, 1.807) is 9.58 Å². The number of rotatable bonds is 3. The molecule has 6 nitrogen and oxygen atoms in total. The molecule has 1 aliphatic rings. The van der Waals surface area contributed by atoms with Crippen molar-refractivity contribution >= 4 is 5.91 Å². The molecule has 2 atom stereocenters. The molecule has 0 saturated carbocycles. The zero-order chi connectivity index (χ0) is 15.7. The molecule has 1 aromatic heterocycles. The van der Waals surface area contributed by atoms with Crippen molar-refractivity contribution in [2.45, 2.75) is 52.4 Å². The average Bonchev–Trinajstić information content (AvgIpc) is 2.72. The van der Waals surface area contributed by atoms with Gasteiger partial charge in [0.2, 0.25) is 0 Å². The van der Waals surface area contributed by atoms with Crippen LogP contribution in [0.4, 0.5) is 0 Å². The van der Waals surface area contributed by atoms with Crippen LogP contribution in [0, 0.1) is 11.3 Å². The number of carbonyl (C=O) groups excluding carboxylic acids is 1. The van der Waals surface area contributed by atoms with Gasteiger partial charge >= 0.3 is 0 Å². The zero-order valence-electron chi connectivity index (χ0n) is 13.3. The normalized spacial score (nSPS) is 21.0. The number of amides is 1. The highest BCUT2D eigenvalue weighted by Crippen LogP contribution is 2.32. The van der Waals surface area contributed by atoms with Gasteiger partial charge in [0.05, 0.1) is 24.0 Å². The van der Waals surface area contributed by atoms with E-state index in [0.29, 0.717) is 12.1 Å². The maximum Gasteiger partial charge on any atom is 0.275 e. The fourth-order valence-corrected chi connectivity index (χ4v) is 2.91. The Bertz CT molecular complexity index is 585. The van der Waals surface area contributed by atoms with Crippen LogP contribution in [0.1, 0.15) is 55.5 Å². The maximum atomic E-state index is 12.7. The van der Waals surface area contributed by atoms with Gasteiger partial charge in [0.15, 0.2) is 5.69 Å². The number of hydrogen-bond donors (Lipinski definition) is 0. The Balaban J connectivity index is 2.44. The monoisotopic (exact) mass is 290 g/mol. The third-order valence-corrected chi connectivity index (χ3v) is 3.83. The van der Waals surface area contributed by atoms with Crippen molar-refractivity contribution in [1.29, 1.82) is 5.26 Å². The van der Waals surface area contributed by atoms with Crippen LogP contribution >= 0.6 is 0 Å². The summed E-state index contributed by atoms with van der Waals surface area (Å²) in [6.45, 7) is 7.84. The lowest BCUT2D eigenvalue weighted by molar-refractivity contribution is -0.00906. The molecule has 21 heavy (non-hydrogen) atoms. The number of nitrogens with zero attached hydrogens (tertiary/aromatic N) is 4. The number of nitriles is 1. The summed E-state index contributed by atoms with van der Waals surface area (Å²) in [5, 5.41) is 13.3. The molecule has 0 unspecified atom stereocenters. The molecule has 0 saturated heterocycles. The minimum Gasteiger partial charge on any atom is -0.369 e. The lowest BCUT2D eigenvalue weighted by atomic mass is 9.99. The Hall–Kier alpha value is -1.87. The van der Waals surface area contributed by atoms with Crippen molar-refractivity contribution in [1.82, 2.24) is 14.7 Å². The number of hydrogen-bond acceptors (Lipinski definition) is 4. The van der Waals surface area contributed by atoms with E-state index in [-0.39, 0.29) is 30.7 Å². The van der Waals surface area contributed by atoms with E-state index in [1.165, 1.54) is 0 Å². The highest BCUT2D eigenvalue weighted by molar-refractivity contribution is 5.94. The highest BCUT2D eigenvalue weighted by atomic mass is 16.5. The van der Waals surface area contributed by atoms with Crippen LogP contribution in [0.3, 0.4) is 0 Å². The third kappa shape index (κ3) is 2.79. The van der Waals surface area contributed by atoms with Crippen LogP contribution in [0.15, 0.2) is 0 Å². The smallest absolute Gasteiger partial charge is 0.275 e. The van der Waals surface area contributed by atoms with Gasteiger partial charge in [-0.25, -0.2) is 0 Å². The Kier molecular flexibility index (Phi) is 4.33. The summed E-state index contributed by atoms with van der Waals surface area (Å²) in [6, 6.07) is 2.01. The SMILES string of the molecule is CC(C)N(CC#N)C(=O)c1nn(C)c2c1C[C@H](C)O[C@@H]2C. The van der Waals surface area contributed by atoms with Gasteiger partial charge in [-0.2, -0.15) is 10.4 Å². The van der Waals surface area contributed by atoms with Crippen molar-refractivity contribution in [2.24, 2.45) is 7.05 Å². The predicted molar refractivity (Wildman–Crippen MR) is 77.7 cm³/mol. The van der Waals surface area contributed by atoms with Crippen molar-refractivity contribution in [2.75, 3.05) is 6.54 Å². The minimum absolute atomic E-state index is 0.0375. The van der Waals surface area contributed by atoms with Crippen molar-refractivity contribution in [3.63, 3.8) is 0 Å². The zero-order valence-corrected chi connectivity index (χ0v) is 13.3. The molecule has 6 heteroatoms. The van der Waals surface area contributed by atoms with Crippen LogP contribution in [0.5, 0.6) is 0 Å². The minimum atomic E-state index is -0.176. The molecule has 0 aromatic carbocycles. The van der Waals surface area contributed by atoms with Gasteiger partial charge in [-0.3, -0.25) is 9.48 Å². The lowest BCUT2D eigenvalue weighted by Gasteiger charge is -2.27. The topological polar surface area (TPSA) is 71.2 Å². The van der Waals surface area contributed by atoms with E-state index in [1.807, 2.05) is 34.7 Å². The molecular formula is C15H22N4O2. The first kappa shape index (κ1) is 15.5. The van der Waals surface area contributed by atoms with Crippen molar-refractivity contribution < 1.29 is 9.53 Å². The Morgan fingerprint density at radius 1 is 1.57 bits per heavy atom. The first-order chi connectivity index (χ1) is 9.86. The first-order valence-electron chi connectivity index (χ1n) is 7.26. The third-order valence-electron chi connectivity index (χ3n) is 3.83. The fraction of sp³-hybridized carbons (Fsp3) is 0.667. The second-order valence-electron chi connectivity index (χ2n) is 5.81. The van der Waals surface area contributed by atoms with E-state index < -0.39 is 0 Å². The van der Waals surface area contributed by atoms with Crippen molar-refractivity contribution in [3.8, 4) is 6.07 Å². The van der Waals surface area contributed by atoms with Gasteiger partial charge in [-0.1, -0.05) is 0 Å². The van der Waals surface area contributed by atoms with E-state index in [0.717, 1.165) is 11.3 Å². The van der Waals surface area contributed by atoms with E-state index in [9.17, 15) is 4.79 Å². The van der Waals surface area contributed by atoms with Gasteiger partial charge in [-0.05, 0) is 27.7 Å². The quantitative estimate of drug-likeness (QED) is 0.796. The summed E-state index contributed by atoms with van der Waals surface area (Å²) in [5.41, 5.74) is 2.37. The molecule has 0 bridgehead atoms. The maximum absolute atomic E-state index is 12.7. The molecule has 0 aliphatic carbocycles. The molecule has 114 valence electrons. The van der Waals surface area contributed by atoms with Gasteiger partial charge in [0.1, 0.15) is 6.54 Å². The van der Waals surface area contributed by atoms with E-state index in [2.05, 4.69) is 11.2 Å². The van der Waals surface area contributed by atoms with Gasteiger partial charge in [0.25, 0.3) is 5.91 Å². The predicted octanol–water partition coefficient (Wildman–Crippen LogP) is 1.82. The van der Waals surface area contributed by atoms with Gasteiger partial charge in [-0.15, -0.1) is 0 Å². The summed E-state index contributed by atoms with van der Waals surface area (Å²) < 4.78 is 7.53. The number of ether oxygens (including phenoxy) is 1. The van der Waals surface area contributed by atoms with Gasteiger partial charge in [0, 0.05) is 25.1 Å². The Morgan fingerprint density at radius 3 is 2.81 bits per heavy atom. The fourth-order valence-electron chi connectivity index (χ4n) is 2.91. The lowest BCUT2D eigenvalue weighted by Crippen LogP contribution is -2.38. The van der Waals surface area contributed by atoms with Gasteiger partial charge < -0.3 is 9.64 Å². The molecule has 1 amide bonds. The molecule has 2 heterocycles. The second kappa shape index (κ2) is 5.86. The standard InChI is InChI=1S/C15H22N4O2/c1-9(2)19(7-6-16)15(20)13-12-8-10(3)21-11(4)14(12)18(5)17-13/h9-11H,7-8H2,1-5H3/t10-,11+/m0/s1. The highest BCUT2D eigenvalue weighted by Gasteiger charge is 2.33. The summed E-state index contributed by atoms with van der Waals surface area (Å²) in [6.07, 6.45) is 0.658. The van der Waals surface area contributed by atoms with Crippen LogP contribution in [-0.4, -0.2) is 39.3 Å².